The molecule has 0 aliphatic heterocycles. The maximum atomic E-state index is 9.53. The molecule has 5 nitrogen and oxygen atoms in total. The van der Waals surface area contributed by atoms with Crippen LogP contribution in [0.25, 0.3) is 0 Å². The fourth-order valence-corrected chi connectivity index (χ4v) is 2.21. The summed E-state index contributed by atoms with van der Waals surface area (Å²) >= 11 is 0. The molecule has 0 unspecified atom stereocenters. The molecule has 0 aliphatic carbocycles. The predicted molar refractivity (Wildman–Crippen MR) is 80.6 cm³/mol. The highest BCUT2D eigenvalue weighted by Crippen LogP contribution is 2.14. The van der Waals surface area contributed by atoms with Crippen molar-refractivity contribution < 1.29 is 5.11 Å². The Hall–Kier alpha value is -1.85. The number of hydrogen-bond acceptors (Lipinski definition) is 4. The zero-order chi connectivity index (χ0) is 14.5. The Balaban J connectivity index is 2.04. The highest BCUT2D eigenvalue weighted by Gasteiger charge is 2.12. The van der Waals surface area contributed by atoms with Crippen molar-refractivity contribution in [3.8, 4) is 0 Å². The van der Waals surface area contributed by atoms with Gasteiger partial charge in [0.1, 0.15) is 0 Å². The van der Waals surface area contributed by atoms with Crippen LogP contribution in [0.5, 0.6) is 0 Å². The molecule has 0 spiro atoms. The van der Waals surface area contributed by atoms with Gasteiger partial charge in [0.25, 0.3) is 0 Å². The average Bonchev–Trinajstić information content (AvgIpc) is 2.82. The molecule has 0 fully saturated rings. The van der Waals surface area contributed by atoms with E-state index in [0.717, 1.165) is 17.2 Å². The maximum absolute atomic E-state index is 9.53. The van der Waals surface area contributed by atoms with Gasteiger partial charge in [0.05, 0.1) is 24.5 Å². The number of rotatable bonds is 6. The molecule has 0 saturated heterocycles. The van der Waals surface area contributed by atoms with Gasteiger partial charge in [-0.15, -0.1) is 0 Å². The summed E-state index contributed by atoms with van der Waals surface area (Å²) in [5, 5.41) is 12.9. The Morgan fingerprint density at radius 3 is 2.55 bits per heavy atom. The first-order valence-electron chi connectivity index (χ1n) is 6.70. The zero-order valence-electron chi connectivity index (χ0n) is 12.2. The van der Waals surface area contributed by atoms with Crippen molar-refractivity contribution in [1.82, 2.24) is 14.9 Å². The number of aliphatic hydroxyl groups is 1. The minimum absolute atomic E-state index is 0.0612. The van der Waals surface area contributed by atoms with Crippen LogP contribution in [-0.4, -0.2) is 35.4 Å². The predicted octanol–water partition coefficient (Wildman–Crippen LogP) is 1.31. The number of imidazole rings is 1. The van der Waals surface area contributed by atoms with Gasteiger partial charge < -0.3 is 19.9 Å². The van der Waals surface area contributed by atoms with E-state index in [9.17, 15) is 5.11 Å². The van der Waals surface area contributed by atoms with E-state index in [1.807, 2.05) is 67.1 Å². The van der Waals surface area contributed by atoms with E-state index in [4.69, 9.17) is 0 Å². The first-order valence-corrected chi connectivity index (χ1v) is 6.70. The number of nitrogens with one attached hydrogen (secondary N) is 1. The van der Waals surface area contributed by atoms with Gasteiger partial charge in [-0.3, -0.25) is 0 Å². The summed E-state index contributed by atoms with van der Waals surface area (Å²) in [6.45, 7) is 0.736. The Morgan fingerprint density at radius 2 is 2.00 bits per heavy atom. The molecule has 5 heteroatoms. The van der Waals surface area contributed by atoms with E-state index in [2.05, 4.69) is 10.3 Å². The maximum Gasteiger partial charge on any atom is 0.204 e. The van der Waals surface area contributed by atoms with Crippen LogP contribution in [0.4, 0.5) is 5.95 Å². The SMILES string of the molecule is CN(C)c1ncc(CN[C@@H](CO)c2ccccc2)n1C. The van der Waals surface area contributed by atoms with Crippen molar-refractivity contribution in [3.63, 3.8) is 0 Å². The van der Waals surface area contributed by atoms with Crippen LogP contribution in [0.15, 0.2) is 36.5 Å². The van der Waals surface area contributed by atoms with Crippen LogP contribution in [-0.2, 0) is 13.6 Å². The van der Waals surface area contributed by atoms with E-state index >= 15 is 0 Å². The molecule has 0 radical (unpaired) electrons. The molecular formula is C15H22N4O. The lowest BCUT2D eigenvalue weighted by molar-refractivity contribution is 0.243. The first kappa shape index (κ1) is 14.6. The Kier molecular flexibility index (Phi) is 4.76. The lowest BCUT2D eigenvalue weighted by atomic mass is 10.1. The smallest absolute Gasteiger partial charge is 0.204 e. The molecule has 2 N–H and O–H groups in total. The summed E-state index contributed by atoms with van der Waals surface area (Å²) in [6, 6.07) is 9.91. The van der Waals surface area contributed by atoms with Gasteiger partial charge in [-0.1, -0.05) is 30.3 Å². The fraction of sp³-hybridized carbons (Fsp3) is 0.400. The second-order valence-corrected chi connectivity index (χ2v) is 5.03. The first-order chi connectivity index (χ1) is 9.63. The molecule has 1 atom stereocenters. The van der Waals surface area contributed by atoms with Crippen LogP contribution in [0.1, 0.15) is 17.3 Å². The molecule has 0 saturated carbocycles. The second-order valence-electron chi connectivity index (χ2n) is 5.03. The normalized spacial score (nSPS) is 12.4. The fourth-order valence-electron chi connectivity index (χ4n) is 2.21. The third-order valence-corrected chi connectivity index (χ3v) is 3.37. The molecule has 0 amide bonds. The van der Waals surface area contributed by atoms with Crippen LogP contribution in [0.3, 0.4) is 0 Å². The molecule has 2 aromatic rings. The van der Waals surface area contributed by atoms with E-state index in [1.165, 1.54) is 0 Å². The summed E-state index contributed by atoms with van der Waals surface area (Å²) in [7, 11) is 5.94. The quantitative estimate of drug-likeness (QED) is 0.834. The third kappa shape index (κ3) is 3.18. The van der Waals surface area contributed by atoms with Gasteiger partial charge in [0.2, 0.25) is 5.95 Å². The largest absolute Gasteiger partial charge is 0.394 e. The third-order valence-electron chi connectivity index (χ3n) is 3.37. The van der Waals surface area contributed by atoms with Gasteiger partial charge in [-0.25, -0.2) is 4.98 Å². The van der Waals surface area contributed by atoms with Gasteiger partial charge in [-0.05, 0) is 5.56 Å². The molecule has 0 aliphatic rings. The number of nitrogens with zero attached hydrogens (tertiary/aromatic N) is 3. The lowest BCUT2D eigenvalue weighted by Gasteiger charge is -2.17. The van der Waals surface area contributed by atoms with Crippen molar-refractivity contribution >= 4 is 5.95 Å². The molecule has 1 heterocycles. The van der Waals surface area contributed by atoms with Crippen LogP contribution in [0, 0.1) is 0 Å². The summed E-state index contributed by atoms with van der Waals surface area (Å²) in [5.74, 6) is 0.919. The van der Waals surface area contributed by atoms with Crippen molar-refractivity contribution in [2.24, 2.45) is 7.05 Å². The summed E-state index contributed by atoms with van der Waals surface area (Å²) in [6.07, 6.45) is 1.86. The molecule has 1 aromatic heterocycles. The Morgan fingerprint density at radius 1 is 1.30 bits per heavy atom. The summed E-state index contributed by atoms with van der Waals surface area (Å²) in [4.78, 5) is 6.35. The molecule has 20 heavy (non-hydrogen) atoms. The van der Waals surface area contributed by atoms with E-state index in [0.29, 0.717) is 6.54 Å². The number of anilines is 1. The highest BCUT2D eigenvalue weighted by atomic mass is 16.3. The Bertz CT molecular complexity index is 536. The minimum Gasteiger partial charge on any atom is -0.394 e. The number of aromatic nitrogens is 2. The molecule has 2 rings (SSSR count). The zero-order valence-corrected chi connectivity index (χ0v) is 12.2. The molecule has 108 valence electrons. The van der Waals surface area contributed by atoms with Gasteiger partial charge >= 0.3 is 0 Å². The lowest BCUT2D eigenvalue weighted by Crippen LogP contribution is -2.25. The van der Waals surface area contributed by atoms with Gasteiger partial charge in [-0.2, -0.15) is 0 Å². The standard InChI is InChI=1S/C15H22N4O/c1-18(2)15-17-10-13(19(15)3)9-16-14(11-20)12-7-5-4-6-8-12/h4-8,10,14,16,20H,9,11H2,1-3H3/t14-/m0/s1. The second kappa shape index (κ2) is 6.54. The van der Waals surface area contributed by atoms with Crippen molar-refractivity contribution in [1.29, 1.82) is 0 Å². The van der Waals surface area contributed by atoms with Crippen molar-refractivity contribution in [2.75, 3.05) is 25.6 Å². The van der Waals surface area contributed by atoms with Gasteiger partial charge in [0.15, 0.2) is 0 Å². The molecular weight excluding hydrogens is 252 g/mol. The monoisotopic (exact) mass is 274 g/mol. The van der Waals surface area contributed by atoms with Crippen LogP contribution in [0.2, 0.25) is 0 Å². The van der Waals surface area contributed by atoms with Gasteiger partial charge in [0, 0.05) is 27.7 Å². The number of benzene rings is 1. The van der Waals surface area contributed by atoms with Crippen LogP contribution >= 0.6 is 0 Å². The average molecular weight is 274 g/mol. The summed E-state index contributed by atoms with van der Waals surface area (Å²) < 4.78 is 2.05. The van der Waals surface area contributed by atoms with E-state index in [1.54, 1.807) is 0 Å². The molecule has 0 bridgehead atoms. The molecule has 1 aromatic carbocycles. The highest BCUT2D eigenvalue weighted by molar-refractivity contribution is 5.31. The van der Waals surface area contributed by atoms with E-state index in [-0.39, 0.29) is 12.6 Å². The number of hydrogen-bond donors (Lipinski definition) is 2. The summed E-state index contributed by atoms with van der Waals surface area (Å²) in [5.41, 5.74) is 2.17. The van der Waals surface area contributed by atoms with Crippen molar-refractivity contribution in [3.05, 3.63) is 47.8 Å². The topological polar surface area (TPSA) is 53.3 Å². The van der Waals surface area contributed by atoms with Crippen molar-refractivity contribution in [2.45, 2.75) is 12.6 Å². The van der Waals surface area contributed by atoms with E-state index < -0.39 is 0 Å². The minimum atomic E-state index is -0.0612. The number of aliphatic hydroxyl groups excluding tert-OH is 1. The Labute approximate surface area is 119 Å². The van der Waals surface area contributed by atoms with Crippen LogP contribution < -0.4 is 10.2 Å².